The lowest BCUT2D eigenvalue weighted by atomic mass is 10.0. The van der Waals surface area contributed by atoms with Gasteiger partial charge in [-0.1, -0.05) is 30.3 Å². The average molecular weight is 267 g/mol. The fourth-order valence-electron chi connectivity index (χ4n) is 1.65. The number of carbonyl (C=O) groups is 1. The van der Waals surface area contributed by atoms with E-state index in [1.54, 1.807) is 18.2 Å². The van der Waals surface area contributed by atoms with Crippen molar-refractivity contribution in [1.29, 1.82) is 0 Å². The number of hydrogen-bond donors (Lipinski definition) is 1. The molecular formula is C13H8F3NO2. The van der Waals surface area contributed by atoms with Gasteiger partial charge in [0.15, 0.2) is 5.69 Å². The maximum Gasteiger partial charge on any atom is 0.433 e. The van der Waals surface area contributed by atoms with Crippen molar-refractivity contribution in [3.8, 4) is 11.1 Å². The monoisotopic (exact) mass is 267 g/mol. The molecule has 0 saturated carbocycles. The molecule has 1 aromatic carbocycles. The van der Waals surface area contributed by atoms with Crippen molar-refractivity contribution >= 4 is 5.97 Å². The summed E-state index contributed by atoms with van der Waals surface area (Å²) in [6.45, 7) is 0. The summed E-state index contributed by atoms with van der Waals surface area (Å²) in [6.07, 6.45) is -3.93. The first-order valence-corrected chi connectivity index (χ1v) is 5.25. The van der Waals surface area contributed by atoms with E-state index in [1.807, 2.05) is 0 Å². The number of rotatable bonds is 2. The molecule has 0 spiro atoms. The number of benzene rings is 1. The largest absolute Gasteiger partial charge is 0.478 e. The molecule has 0 bridgehead atoms. The van der Waals surface area contributed by atoms with Gasteiger partial charge in [0.1, 0.15) is 0 Å². The summed E-state index contributed by atoms with van der Waals surface area (Å²) in [6, 6.07) is 8.72. The third kappa shape index (κ3) is 2.73. The van der Waals surface area contributed by atoms with Crippen LogP contribution in [0.4, 0.5) is 13.2 Å². The molecule has 0 aliphatic carbocycles. The normalized spacial score (nSPS) is 11.3. The number of nitrogens with zero attached hydrogens (tertiary/aromatic N) is 1. The number of alkyl halides is 3. The van der Waals surface area contributed by atoms with Gasteiger partial charge in [0, 0.05) is 11.8 Å². The number of pyridine rings is 1. The van der Waals surface area contributed by atoms with Crippen LogP contribution in [0.3, 0.4) is 0 Å². The first-order chi connectivity index (χ1) is 8.89. The van der Waals surface area contributed by atoms with E-state index < -0.39 is 17.8 Å². The van der Waals surface area contributed by atoms with Gasteiger partial charge in [-0.2, -0.15) is 13.2 Å². The van der Waals surface area contributed by atoms with Crippen LogP contribution < -0.4 is 0 Å². The predicted molar refractivity (Wildman–Crippen MR) is 61.6 cm³/mol. The average Bonchev–Trinajstić information content (AvgIpc) is 2.38. The lowest BCUT2D eigenvalue weighted by Gasteiger charge is -2.12. The van der Waals surface area contributed by atoms with Gasteiger partial charge in [0.05, 0.1) is 5.56 Å². The minimum atomic E-state index is -4.64. The molecule has 0 fully saturated rings. The molecule has 1 N–H and O–H groups in total. The molecule has 19 heavy (non-hydrogen) atoms. The van der Waals surface area contributed by atoms with Crippen LogP contribution in [0.2, 0.25) is 0 Å². The summed E-state index contributed by atoms with van der Waals surface area (Å²) in [5, 5.41) is 8.83. The number of aromatic nitrogens is 1. The molecule has 0 saturated heterocycles. The molecule has 0 unspecified atom stereocenters. The summed E-state index contributed by atoms with van der Waals surface area (Å²) in [7, 11) is 0. The zero-order valence-corrected chi connectivity index (χ0v) is 9.48. The van der Waals surface area contributed by atoms with E-state index in [-0.39, 0.29) is 16.7 Å². The number of carboxylic acids is 1. The van der Waals surface area contributed by atoms with Crippen LogP contribution in [0.1, 0.15) is 16.1 Å². The minimum absolute atomic E-state index is 0.243. The molecule has 0 aliphatic heterocycles. The van der Waals surface area contributed by atoms with Crippen molar-refractivity contribution in [2.75, 3.05) is 0 Å². The van der Waals surface area contributed by atoms with Crippen LogP contribution in [0.15, 0.2) is 42.6 Å². The molecular weight excluding hydrogens is 259 g/mol. The fourth-order valence-corrected chi connectivity index (χ4v) is 1.65. The summed E-state index contributed by atoms with van der Waals surface area (Å²) in [4.78, 5) is 14.1. The molecule has 1 heterocycles. The van der Waals surface area contributed by atoms with Crippen molar-refractivity contribution in [2.24, 2.45) is 0 Å². The van der Waals surface area contributed by atoms with Crippen LogP contribution >= 0.6 is 0 Å². The van der Waals surface area contributed by atoms with E-state index in [9.17, 15) is 18.0 Å². The molecule has 0 atom stereocenters. The van der Waals surface area contributed by atoms with Gasteiger partial charge in [-0.3, -0.25) is 4.98 Å². The van der Waals surface area contributed by atoms with Gasteiger partial charge in [-0.25, -0.2) is 4.79 Å². The maximum atomic E-state index is 12.9. The summed E-state index contributed by atoms with van der Waals surface area (Å²) in [5.41, 5.74) is -1.35. The first-order valence-electron chi connectivity index (χ1n) is 5.25. The zero-order chi connectivity index (χ0) is 14.0. The third-order valence-electron chi connectivity index (χ3n) is 2.49. The second-order valence-electron chi connectivity index (χ2n) is 3.79. The quantitative estimate of drug-likeness (QED) is 0.906. The Labute approximate surface area is 106 Å². The van der Waals surface area contributed by atoms with Crippen molar-refractivity contribution in [3.05, 3.63) is 53.9 Å². The van der Waals surface area contributed by atoms with Gasteiger partial charge in [0.25, 0.3) is 0 Å². The summed E-state index contributed by atoms with van der Waals surface area (Å²) < 4.78 is 38.6. The van der Waals surface area contributed by atoms with Crippen LogP contribution in [0, 0.1) is 0 Å². The molecule has 0 radical (unpaired) electrons. The number of carboxylic acid groups (broad SMARTS) is 1. The number of hydrogen-bond acceptors (Lipinski definition) is 2. The Balaban J connectivity index is 2.67. The Morgan fingerprint density at radius 2 is 1.79 bits per heavy atom. The number of halogens is 3. The fraction of sp³-hybridized carbons (Fsp3) is 0.0769. The van der Waals surface area contributed by atoms with Crippen molar-refractivity contribution < 1.29 is 23.1 Å². The molecule has 2 rings (SSSR count). The molecule has 0 aliphatic rings. The molecule has 0 amide bonds. The highest BCUT2D eigenvalue weighted by atomic mass is 19.4. The molecule has 2 aromatic rings. The predicted octanol–water partition coefficient (Wildman–Crippen LogP) is 3.47. The van der Waals surface area contributed by atoms with Crippen molar-refractivity contribution in [3.63, 3.8) is 0 Å². The SMILES string of the molecule is O=C(O)c1cnc(C(F)(F)F)c(-c2ccccc2)c1. The highest BCUT2D eigenvalue weighted by Gasteiger charge is 2.36. The first kappa shape index (κ1) is 13.1. The van der Waals surface area contributed by atoms with E-state index in [0.29, 0.717) is 6.20 Å². The van der Waals surface area contributed by atoms with Crippen LogP contribution in [-0.2, 0) is 6.18 Å². The summed E-state index contributed by atoms with van der Waals surface area (Å²) in [5.74, 6) is -1.32. The molecule has 1 aromatic heterocycles. The standard InChI is InChI=1S/C13H8F3NO2/c14-13(15,16)11-10(8-4-2-1-3-5-8)6-9(7-17-11)12(18)19/h1-7H,(H,18,19). The lowest BCUT2D eigenvalue weighted by molar-refractivity contribution is -0.140. The van der Waals surface area contributed by atoms with Gasteiger partial charge in [-0.15, -0.1) is 0 Å². The summed E-state index contributed by atoms with van der Waals surface area (Å²) >= 11 is 0. The van der Waals surface area contributed by atoms with Crippen LogP contribution in [0.5, 0.6) is 0 Å². The maximum absolute atomic E-state index is 12.9. The van der Waals surface area contributed by atoms with E-state index >= 15 is 0 Å². The Bertz CT molecular complexity index is 609. The second-order valence-corrected chi connectivity index (χ2v) is 3.79. The van der Waals surface area contributed by atoms with E-state index in [1.165, 1.54) is 12.1 Å². The van der Waals surface area contributed by atoms with Gasteiger partial charge < -0.3 is 5.11 Å². The number of aromatic carboxylic acids is 1. The van der Waals surface area contributed by atoms with Crippen molar-refractivity contribution in [2.45, 2.75) is 6.18 Å². The van der Waals surface area contributed by atoms with Gasteiger partial charge in [0.2, 0.25) is 0 Å². The molecule has 6 heteroatoms. The molecule has 98 valence electrons. The Morgan fingerprint density at radius 1 is 1.16 bits per heavy atom. The smallest absolute Gasteiger partial charge is 0.433 e. The van der Waals surface area contributed by atoms with E-state index in [2.05, 4.69) is 4.98 Å². The Morgan fingerprint density at radius 3 is 2.32 bits per heavy atom. The van der Waals surface area contributed by atoms with E-state index in [4.69, 9.17) is 5.11 Å². The zero-order valence-electron chi connectivity index (χ0n) is 9.48. The highest BCUT2D eigenvalue weighted by molar-refractivity contribution is 5.89. The van der Waals surface area contributed by atoms with Gasteiger partial charge in [-0.05, 0) is 11.6 Å². The van der Waals surface area contributed by atoms with Crippen LogP contribution in [0.25, 0.3) is 11.1 Å². The molecule has 3 nitrogen and oxygen atoms in total. The van der Waals surface area contributed by atoms with Crippen molar-refractivity contribution in [1.82, 2.24) is 4.98 Å². The second kappa shape index (κ2) is 4.72. The topological polar surface area (TPSA) is 50.2 Å². The van der Waals surface area contributed by atoms with Crippen LogP contribution in [-0.4, -0.2) is 16.1 Å². The van der Waals surface area contributed by atoms with E-state index in [0.717, 1.165) is 6.07 Å². The van der Waals surface area contributed by atoms with Gasteiger partial charge >= 0.3 is 12.1 Å². The lowest BCUT2D eigenvalue weighted by Crippen LogP contribution is -2.11. The highest BCUT2D eigenvalue weighted by Crippen LogP contribution is 2.35. The Kier molecular flexibility index (Phi) is 3.25. The minimum Gasteiger partial charge on any atom is -0.478 e. The Hall–Kier alpha value is -2.37. The third-order valence-corrected chi connectivity index (χ3v) is 2.49.